The molecule has 1 aliphatic rings. The first-order valence-corrected chi connectivity index (χ1v) is 10.4. The van der Waals surface area contributed by atoms with Crippen LogP contribution < -0.4 is 10.6 Å². The first-order valence-electron chi connectivity index (χ1n) is 8.39. The molecule has 3 aromatic rings. The summed E-state index contributed by atoms with van der Waals surface area (Å²) in [6.45, 7) is 1.97. The van der Waals surface area contributed by atoms with Gasteiger partial charge in [0.05, 0.1) is 5.69 Å². The van der Waals surface area contributed by atoms with Gasteiger partial charge in [0.2, 0.25) is 5.91 Å². The van der Waals surface area contributed by atoms with Gasteiger partial charge in [0.15, 0.2) is 16.0 Å². The van der Waals surface area contributed by atoms with E-state index in [0.717, 1.165) is 33.8 Å². The van der Waals surface area contributed by atoms with Crippen molar-refractivity contribution in [3.05, 3.63) is 46.5 Å². The molecule has 27 heavy (non-hydrogen) atoms. The van der Waals surface area contributed by atoms with Crippen LogP contribution in [0.2, 0.25) is 0 Å². The summed E-state index contributed by atoms with van der Waals surface area (Å²) in [6.07, 6.45) is 3.11. The van der Waals surface area contributed by atoms with Crippen molar-refractivity contribution in [1.82, 2.24) is 4.98 Å². The van der Waals surface area contributed by atoms with E-state index in [-0.39, 0.29) is 17.6 Å². The number of nitrogens with one attached hydrogen (secondary N) is 2. The van der Waals surface area contributed by atoms with Crippen LogP contribution in [0, 0.1) is 6.92 Å². The van der Waals surface area contributed by atoms with E-state index in [1.165, 1.54) is 23.1 Å². The number of hydrogen-bond acceptors (Lipinski definition) is 6. The number of anilines is 2. The van der Waals surface area contributed by atoms with Gasteiger partial charge in [-0.1, -0.05) is 17.8 Å². The lowest BCUT2D eigenvalue weighted by molar-refractivity contribution is -0.116. The van der Waals surface area contributed by atoms with Crippen molar-refractivity contribution in [3.8, 4) is 11.3 Å². The zero-order valence-electron chi connectivity index (χ0n) is 14.8. The van der Waals surface area contributed by atoms with Gasteiger partial charge in [-0.05, 0) is 49.4 Å². The van der Waals surface area contributed by atoms with Gasteiger partial charge in [-0.25, -0.2) is 4.98 Å². The third-order valence-corrected chi connectivity index (χ3v) is 5.81. The molecule has 0 atom stereocenters. The molecule has 1 aromatic carbocycles. The summed E-state index contributed by atoms with van der Waals surface area (Å²) in [6, 6.07) is 9.32. The molecule has 1 aliphatic heterocycles. The Morgan fingerprint density at radius 1 is 1.30 bits per heavy atom. The first-order chi connectivity index (χ1) is 13.0. The second-order valence-electron chi connectivity index (χ2n) is 6.12. The number of amides is 2. The fourth-order valence-corrected chi connectivity index (χ4v) is 4.17. The van der Waals surface area contributed by atoms with Crippen LogP contribution in [-0.2, 0) is 11.2 Å². The zero-order valence-corrected chi connectivity index (χ0v) is 16.4. The standard InChI is InChI=1S/C19H17N3O3S2/c1-10-17(12-3-5-13-11(9-12)4-7-15(23)20-13)21-19(27-10)22-18(24)14-6-8-16(25-14)26-2/h3,5-6,8-9H,4,7H2,1-2H3,(H,20,23)(H,21,22,24). The zero-order chi connectivity index (χ0) is 19.0. The fraction of sp³-hybridized carbons (Fsp3) is 0.211. The van der Waals surface area contributed by atoms with Gasteiger partial charge in [0.25, 0.3) is 5.91 Å². The van der Waals surface area contributed by atoms with Gasteiger partial charge in [0.1, 0.15) is 0 Å². The summed E-state index contributed by atoms with van der Waals surface area (Å²) in [4.78, 5) is 29.4. The number of thioether (sulfide) groups is 1. The molecule has 0 bridgehead atoms. The van der Waals surface area contributed by atoms with Crippen LogP contribution >= 0.6 is 23.1 Å². The Morgan fingerprint density at radius 3 is 2.93 bits per heavy atom. The van der Waals surface area contributed by atoms with Gasteiger partial charge >= 0.3 is 0 Å². The number of carbonyl (C=O) groups is 2. The number of benzene rings is 1. The largest absolute Gasteiger partial charge is 0.445 e. The van der Waals surface area contributed by atoms with E-state index in [0.29, 0.717) is 16.6 Å². The van der Waals surface area contributed by atoms with E-state index in [4.69, 9.17) is 4.42 Å². The summed E-state index contributed by atoms with van der Waals surface area (Å²) >= 11 is 2.87. The van der Waals surface area contributed by atoms with E-state index >= 15 is 0 Å². The molecular formula is C19H17N3O3S2. The minimum absolute atomic E-state index is 0.0487. The van der Waals surface area contributed by atoms with Crippen LogP contribution in [0.1, 0.15) is 27.4 Å². The highest BCUT2D eigenvalue weighted by molar-refractivity contribution is 7.98. The second-order valence-corrected chi connectivity index (χ2v) is 8.13. The smallest absolute Gasteiger partial charge is 0.293 e. The quantitative estimate of drug-likeness (QED) is 0.628. The minimum atomic E-state index is -0.316. The van der Waals surface area contributed by atoms with Crippen molar-refractivity contribution in [2.45, 2.75) is 24.9 Å². The van der Waals surface area contributed by atoms with Gasteiger partial charge in [0, 0.05) is 22.5 Å². The maximum atomic E-state index is 12.3. The van der Waals surface area contributed by atoms with Crippen molar-refractivity contribution in [3.63, 3.8) is 0 Å². The second kappa shape index (κ2) is 7.21. The van der Waals surface area contributed by atoms with Crippen LogP contribution in [0.4, 0.5) is 10.8 Å². The molecule has 8 heteroatoms. The molecule has 0 saturated carbocycles. The van der Waals surface area contributed by atoms with Crippen molar-refractivity contribution in [2.75, 3.05) is 16.9 Å². The van der Waals surface area contributed by atoms with Crippen LogP contribution in [0.5, 0.6) is 0 Å². The molecule has 138 valence electrons. The topological polar surface area (TPSA) is 84.2 Å². The number of furan rings is 1. The molecule has 0 radical (unpaired) electrons. The minimum Gasteiger partial charge on any atom is -0.445 e. The number of aryl methyl sites for hydroxylation is 2. The number of nitrogens with zero attached hydrogens (tertiary/aromatic N) is 1. The molecule has 6 nitrogen and oxygen atoms in total. The van der Waals surface area contributed by atoms with Crippen molar-refractivity contribution >= 4 is 45.7 Å². The first kappa shape index (κ1) is 17.8. The number of aromatic nitrogens is 1. The van der Waals surface area contributed by atoms with E-state index in [1.807, 2.05) is 25.3 Å². The van der Waals surface area contributed by atoms with E-state index < -0.39 is 0 Å². The van der Waals surface area contributed by atoms with Crippen molar-refractivity contribution in [2.24, 2.45) is 0 Å². The number of thiazole rings is 1. The molecular weight excluding hydrogens is 382 g/mol. The number of fused-ring (bicyclic) bond motifs is 1. The van der Waals surface area contributed by atoms with Gasteiger partial charge in [-0.2, -0.15) is 0 Å². The lowest BCUT2D eigenvalue weighted by atomic mass is 9.99. The molecule has 0 fully saturated rings. The lowest BCUT2D eigenvalue weighted by Crippen LogP contribution is -2.18. The highest BCUT2D eigenvalue weighted by Crippen LogP contribution is 2.34. The fourth-order valence-electron chi connectivity index (χ4n) is 2.96. The van der Waals surface area contributed by atoms with E-state index in [2.05, 4.69) is 21.7 Å². The lowest BCUT2D eigenvalue weighted by Gasteiger charge is -2.17. The molecule has 2 aromatic heterocycles. The monoisotopic (exact) mass is 399 g/mol. The normalized spacial score (nSPS) is 13.2. The maximum absolute atomic E-state index is 12.3. The Kier molecular flexibility index (Phi) is 4.75. The Labute approximate surface area is 164 Å². The summed E-state index contributed by atoms with van der Waals surface area (Å²) in [5.41, 5.74) is 3.77. The van der Waals surface area contributed by atoms with Gasteiger partial charge in [-0.15, -0.1) is 11.3 Å². The third-order valence-electron chi connectivity index (χ3n) is 4.30. The summed E-state index contributed by atoms with van der Waals surface area (Å²) < 4.78 is 5.45. The Hall–Kier alpha value is -2.58. The number of rotatable bonds is 4. The Morgan fingerprint density at radius 2 is 2.15 bits per heavy atom. The SMILES string of the molecule is CSc1ccc(C(=O)Nc2nc(-c3ccc4c(c3)CCC(=O)N4)c(C)s2)o1. The summed E-state index contributed by atoms with van der Waals surface area (Å²) in [5.74, 6) is -0.00493. The molecule has 0 spiro atoms. The molecule has 0 aliphatic carbocycles. The van der Waals surface area contributed by atoms with Crippen LogP contribution in [0.25, 0.3) is 11.3 Å². The predicted octanol–water partition coefficient (Wildman–Crippen LogP) is 4.57. The van der Waals surface area contributed by atoms with E-state index in [9.17, 15) is 9.59 Å². The Bertz CT molecular complexity index is 1040. The van der Waals surface area contributed by atoms with Crippen molar-refractivity contribution < 1.29 is 14.0 Å². The maximum Gasteiger partial charge on any atom is 0.293 e. The van der Waals surface area contributed by atoms with Gasteiger partial charge < -0.3 is 9.73 Å². The average molecular weight is 399 g/mol. The van der Waals surface area contributed by atoms with Crippen molar-refractivity contribution in [1.29, 1.82) is 0 Å². The predicted molar refractivity (Wildman–Crippen MR) is 108 cm³/mol. The number of carbonyl (C=O) groups excluding carboxylic acids is 2. The molecule has 0 saturated heterocycles. The average Bonchev–Trinajstić information content (AvgIpc) is 3.28. The Balaban J connectivity index is 1.56. The molecule has 4 rings (SSSR count). The summed E-state index contributed by atoms with van der Waals surface area (Å²) in [5, 5.41) is 6.91. The van der Waals surface area contributed by atoms with Crippen LogP contribution in [0.15, 0.2) is 39.8 Å². The van der Waals surface area contributed by atoms with Crippen LogP contribution in [0.3, 0.4) is 0 Å². The highest BCUT2D eigenvalue weighted by Gasteiger charge is 2.18. The molecule has 2 N–H and O–H groups in total. The van der Waals surface area contributed by atoms with Gasteiger partial charge in [-0.3, -0.25) is 14.9 Å². The van der Waals surface area contributed by atoms with Crippen LogP contribution in [-0.4, -0.2) is 23.1 Å². The molecule has 3 heterocycles. The molecule has 2 amide bonds. The number of hydrogen-bond donors (Lipinski definition) is 2. The summed E-state index contributed by atoms with van der Waals surface area (Å²) in [7, 11) is 0. The third kappa shape index (κ3) is 3.63. The highest BCUT2D eigenvalue weighted by atomic mass is 32.2. The molecule has 0 unspecified atom stereocenters. The van der Waals surface area contributed by atoms with E-state index in [1.54, 1.807) is 12.1 Å².